The van der Waals surface area contributed by atoms with Crippen molar-refractivity contribution in [2.45, 2.75) is 63.3 Å². The van der Waals surface area contributed by atoms with Crippen molar-refractivity contribution in [1.29, 1.82) is 0 Å². The average Bonchev–Trinajstić information content (AvgIpc) is 3.49. The van der Waals surface area contributed by atoms with Crippen LogP contribution in [0.2, 0.25) is 0 Å². The highest BCUT2D eigenvalue weighted by Gasteiger charge is 2.33. The Morgan fingerprint density at radius 2 is 1.91 bits per heavy atom. The Morgan fingerprint density at radius 3 is 2.59 bits per heavy atom. The lowest BCUT2D eigenvalue weighted by Gasteiger charge is -2.35. The fourth-order valence-corrected chi connectivity index (χ4v) is 6.43. The molecule has 0 unspecified atom stereocenters. The van der Waals surface area contributed by atoms with E-state index in [1.165, 1.54) is 23.9 Å². The number of benzene rings is 2. The van der Waals surface area contributed by atoms with Gasteiger partial charge in [0.15, 0.2) is 5.03 Å². The van der Waals surface area contributed by atoms with Crippen molar-refractivity contribution in [3.63, 3.8) is 0 Å². The summed E-state index contributed by atoms with van der Waals surface area (Å²) in [6.45, 7) is 5.89. The fourth-order valence-electron chi connectivity index (χ4n) is 5.29. The quantitative estimate of drug-likeness (QED) is 0.373. The van der Waals surface area contributed by atoms with Crippen LogP contribution in [0.5, 0.6) is 5.75 Å². The number of anilines is 1. The number of fused-ring (bicyclic) bond motifs is 1. The number of carbonyl (C=O) groups is 2. The van der Waals surface area contributed by atoms with Crippen LogP contribution in [0, 0.1) is 5.92 Å². The minimum atomic E-state index is -3.88. The number of hydrogen-bond acceptors (Lipinski definition) is 8. The number of nitrogens with zero attached hydrogens (tertiary/aromatic N) is 4. The second-order valence-corrected chi connectivity index (χ2v) is 14.0. The van der Waals surface area contributed by atoms with E-state index in [1.54, 1.807) is 65.9 Å². The zero-order valence-electron chi connectivity index (χ0n) is 27.1. The molecule has 2 amide bonds. The largest absolute Gasteiger partial charge is 0.490 e. The summed E-state index contributed by atoms with van der Waals surface area (Å²) in [5, 5.41) is 13.0. The molecule has 1 aromatic heterocycles. The molecule has 4 rings (SSSR count). The number of amides is 2. The Balaban J connectivity index is 1.65. The van der Waals surface area contributed by atoms with Crippen LogP contribution in [0.1, 0.15) is 60.7 Å². The van der Waals surface area contributed by atoms with Gasteiger partial charge in [-0.15, -0.1) is 0 Å². The summed E-state index contributed by atoms with van der Waals surface area (Å²) in [5.74, 6) is -0.658. The summed E-state index contributed by atoms with van der Waals surface area (Å²) < 4.78 is 41.9. The predicted octanol–water partition coefficient (Wildman–Crippen LogP) is 3.79. The number of sulfonamides is 1. The molecule has 1 aliphatic heterocycles. The third kappa shape index (κ3) is 8.72. The molecule has 1 aliphatic rings. The highest BCUT2D eigenvalue weighted by atomic mass is 32.2. The van der Waals surface area contributed by atoms with Gasteiger partial charge in [-0.05, 0) is 63.4 Å². The number of rotatable bonds is 8. The topological polar surface area (TPSA) is 143 Å². The SMILES string of the molecule is C[C@@H]1CCCCO[C@@H](CN(C)S(=O)(=O)c2cn(C)cn2)[C@@H](C)CN([C@H](C)CO)C(=O)c2cc(NC(=O)c3ccccc3)ccc2O1. The van der Waals surface area contributed by atoms with E-state index in [1.807, 2.05) is 19.9 Å². The summed E-state index contributed by atoms with van der Waals surface area (Å²) in [6.07, 6.45) is 4.35. The van der Waals surface area contributed by atoms with Gasteiger partial charge in [-0.25, -0.2) is 13.4 Å². The molecule has 4 atom stereocenters. The van der Waals surface area contributed by atoms with Gasteiger partial charge < -0.3 is 29.4 Å². The monoisotopic (exact) mass is 655 g/mol. The van der Waals surface area contributed by atoms with Crippen molar-refractivity contribution in [3.8, 4) is 5.75 Å². The van der Waals surface area contributed by atoms with Crippen LogP contribution in [0.3, 0.4) is 0 Å². The van der Waals surface area contributed by atoms with Crippen LogP contribution < -0.4 is 10.1 Å². The molecule has 0 saturated carbocycles. The number of aromatic nitrogens is 2. The maximum atomic E-state index is 14.3. The molecule has 13 heteroatoms. The van der Waals surface area contributed by atoms with E-state index >= 15 is 0 Å². The summed E-state index contributed by atoms with van der Waals surface area (Å²) in [6, 6.07) is 13.2. The van der Waals surface area contributed by atoms with E-state index in [0.29, 0.717) is 30.0 Å². The van der Waals surface area contributed by atoms with E-state index in [2.05, 4.69) is 10.3 Å². The summed E-state index contributed by atoms with van der Waals surface area (Å²) in [7, 11) is -0.687. The zero-order valence-corrected chi connectivity index (χ0v) is 27.9. The smallest absolute Gasteiger partial charge is 0.261 e. The number of aliphatic hydroxyl groups excluding tert-OH is 1. The van der Waals surface area contributed by atoms with Crippen LogP contribution in [-0.4, -0.2) is 95.7 Å². The number of nitrogens with one attached hydrogen (secondary N) is 1. The van der Waals surface area contributed by atoms with Crippen molar-refractivity contribution in [1.82, 2.24) is 18.8 Å². The highest BCUT2D eigenvalue weighted by Crippen LogP contribution is 2.29. The summed E-state index contributed by atoms with van der Waals surface area (Å²) in [5.41, 5.74) is 1.14. The molecule has 0 aliphatic carbocycles. The number of ether oxygens (including phenoxy) is 2. The molecule has 0 fully saturated rings. The number of hydrogen-bond donors (Lipinski definition) is 2. The normalized spacial score (nSPS) is 20.8. The minimum absolute atomic E-state index is 0.0430. The lowest BCUT2D eigenvalue weighted by Crippen LogP contribution is -2.48. The summed E-state index contributed by atoms with van der Waals surface area (Å²) >= 11 is 0. The number of aryl methyl sites for hydroxylation is 1. The van der Waals surface area contributed by atoms with Gasteiger partial charge >= 0.3 is 0 Å². The van der Waals surface area contributed by atoms with Gasteiger partial charge in [0.1, 0.15) is 5.75 Å². The highest BCUT2D eigenvalue weighted by molar-refractivity contribution is 7.89. The molecule has 0 saturated heterocycles. The summed E-state index contributed by atoms with van der Waals surface area (Å²) in [4.78, 5) is 32.8. The number of likely N-dealkylation sites (N-methyl/N-ethyl adjacent to an activating group) is 1. The molecule has 250 valence electrons. The maximum absolute atomic E-state index is 14.3. The Labute approximate surface area is 271 Å². The molecule has 12 nitrogen and oxygen atoms in total. The molecule has 2 N–H and O–H groups in total. The molecular formula is C33H45N5O7S. The van der Waals surface area contributed by atoms with Gasteiger partial charge in [-0.3, -0.25) is 9.59 Å². The molecule has 0 bridgehead atoms. The van der Waals surface area contributed by atoms with Crippen molar-refractivity contribution in [2.75, 3.05) is 38.7 Å². The molecule has 2 heterocycles. The third-order valence-corrected chi connectivity index (χ3v) is 9.85. The Morgan fingerprint density at radius 1 is 1.17 bits per heavy atom. The van der Waals surface area contributed by atoms with Gasteiger partial charge in [0.25, 0.3) is 21.8 Å². The Hall–Kier alpha value is -3.78. The molecule has 0 radical (unpaired) electrons. The van der Waals surface area contributed by atoms with Crippen molar-refractivity contribution >= 4 is 27.5 Å². The van der Waals surface area contributed by atoms with Gasteiger partial charge in [-0.1, -0.05) is 25.1 Å². The van der Waals surface area contributed by atoms with Crippen LogP contribution in [0.25, 0.3) is 0 Å². The van der Waals surface area contributed by atoms with Crippen molar-refractivity contribution < 1.29 is 32.6 Å². The first-order chi connectivity index (χ1) is 21.9. The molecule has 3 aromatic rings. The lowest BCUT2D eigenvalue weighted by atomic mass is 10.0. The third-order valence-electron chi connectivity index (χ3n) is 8.14. The molecule has 2 aromatic carbocycles. The van der Waals surface area contributed by atoms with Crippen molar-refractivity contribution in [2.24, 2.45) is 13.0 Å². The second-order valence-electron chi connectivity index (χ2n) is 12.0. The zero-order chi connectivity index (χ0) is 33.4. The van der Waals surface area contributed by atoms with E-state index in [0.717, 1.165) is 12.8 Å². The van der Waals surface area contributed by atoms with Crippen LogP contribution in [-0.2, 0) is 21.8 Å². The van der Waals surface area contributed by atoms with E-state index in [9.17, 15) is 23.1 Å². The number of carbonyl (C=O) groups excluding carboxylic acids is 2. The van der Waals surface area contributed by atoms with E-state index in [-0.39, 0.29) is 48.2 Å². The first-order valence-electron chi connectivity index (χ1n) is 15.6. The Bertz CT molecular complexity index is 1580. The Kier molecular flexibility index (Phi) is 12.0. The van der Waals surface area contributed by atoms with Gasteiger partial charge in [0.2, 0.25) is 0 Å². The first kappa shape index (κ1) is 35.1. The maximum Gasteiger partial charge on any atom is 0.261 e. The van der Waals surface area contributed by atoms with E-state index in [4.69, 9.17) is 9.47 Å². The predicted molar refractivity (Wildman–Crippen MR) is 174 cm³/mol. The minimum Gasteiger partial charge on any atom is -0.490 e. The van der Waals surface area contributed by atoms with E-state index < -0.39 is 28.1 Å². The lowest BCUT2D eigenvalue weighted by molar-refractivity contribution is -0.00835. The van der Waals surface area contributed by atoms with Gasteiger partial charge in [0, 0.05) is 57.2 Å². The first-order valence-corrected chi connectivity index (χ1v) is 17.0. The van der Waals surface area contributed by atoms with Gasteiger partial charge in [0.05, 0.1) is 36.7 Å². The standard InChI is InChI=1S/C33H45N5O7S/c1-23-18-38(24(2)21-39)33(41)28-17-27(35-32(40)26-12-7-6-8-13-26)14-15-29(28)45-25(3)11-9-10-16-44-30(23)19-37(5)46(42,43)31-20-36(4)22-34-31/h6-8,12-15,17,20,22-25,30,39H,9-11,16,18-19,21H2,1-5H3,(H,35,40)/t23-,24+,25+,30-/m0/s1. The molecular weight excluding hydrogens is 610 g/mol. The van der Waals surface area contributed by atoms with Crippen LogP contribution in [0.4, 0.5) is 5.69 Å². The molecule has 46 heavy (non-hydrogen) atoms. The van der Waals surface area contributed by atoms with Crippen molar-refractivity contribution in [3.05, 3.63) is 72.2 Å². The number of imidazole rings is 1. The van der Waals surface area contributed by atoms with Crippen LogP contribution >= 0.6 is 0 Å². The second kappa shape index (κ2) is 15.7. The molecule has 0 spiro atoms. The average molecular weight is 656 g/mol. The van der Waals surface area contributed by atoms with Gasteiger partial charge in [-0.2, -0.15) is 4.31 Å². The van der Waals surface area contributed by atoms with Crippen LogP contribution in [0.15, 0.2) is 66.1 Å². The number of aliphatic hydroxyl groups is 1. The fraction of sp³-hybridized carbons (Fsp3) is 0.485.